The number of carbonyl (C=O) groups is 2. The number of aromatic nitrogens is 1. The maximum Gasteiger partial charge on any atom is 0.242 e. The SMILES string of the molecule is CCCCC(=O)N(CCCOCC)CC(=O)N(Cc1cccn1Cc1ccc(F)cc1)C1CCCCC1. The van der Waals surface area contributed by atoms with Crippen LogP contribution in [0.4, 0.5) is 4.39 Å². The molecule has 37 heavy (non-hydrogen) atoms. The van der Waals surface area contributed by atoms with Gasteiger partial charge >= 0.3 is 0 Å². The molecule has 7 heteroatoms. The minimum atomic E-state index is -0.246. The Hall–Kier alpha value is -2.67. The van der Waals surface area contributed by atoms with Crippen LogP contribution in [0.25, 0.3) is 0 Å². The van der Waals surface area contributed by atoms with E-state index in [2.05, 4.69) is 17.6 Å². The van der Waals surface area contributed by atoms with Gasteiger partial charge in [0.05, 0.1) is 13.1 Å². The molecular weight excluding hydrogens is 469 g/mol. The Morgan fingerprint density at radius 1 is 1.03 bits per heavy atom. The molecule has 1 aliphatic carbocycles. The summed E-state index contributed by atoms with van der Waals surface area (Å²) in [6.45, 7) is 7.05. The largest absolute Gasteiger partial charge is 0.382 e. The molecule has 1 heterocycles. The van der Waals surface area contributed by atoms with Crippen LogP contribution in [0, 0.1) is 5.82 Å². The summed E-state index contributed by atoms with van der Waals surface area (Å²) in [4.78, 5) is 30.5. The van der Waals surface area contributed by atoms with Gasteiger partial charge in [0.1, 0.15) is 5.82 Å². The standard InChI is InChI=1S/C30H44FN3O3/c1-3-5-14-29(35)33(20-10-21-37-4-2)24-30(36)34(27-11-7-6-8-12-27)23-28-13-9-19-32(28)22-25-15-17-26(31)18-16-25/h9,13,15-19,27H,3-8,10-12,14,20-24H2,1-2H3. The average molecular weight is 514 g/mol. The van der Waals surface area contributed by atoms with Gasteiger partial charge in [-0.05, 0) is 62.4 Å². The predicted octanol–water partition coefficient (Wildman–Crippen LogP) is 5.78. The highest BCUT2D eigenvalue weighted by Gasteiger charge is 2.28. The topological polar surface area (TPSA) is 54.8 Å². The van der Waals surface area contributed by atoms with Crippen LogP contribution in [0.5, 0.6) is 0 Å². The Balaban J connectivity index is 1.74. The highest BCUT2D eigenvalue weighted by Crippen LogP contribution is 2.25. The van der Waals surface area contributed by atoms with E-state index in [1.165, 1.54) is 18.6 Å². The fraction of sp³-hybridized carbons (Fsp3) is 0.600. The zero-order valence-corrected chi connectivity index (χ0v) is 22.7. The summed E-state index contributed by atoms with van der Waals surface area (Å²) >= 11 is 0. The summed E-state index contributed by atoms with van der Waals surface area (Å²) in [7, 11) is 0. The first-order valence-corrected chi connectivity index (χ1v) is 14.0. The van der Waals surface area contributed by atoms with E-state index in [-0.39, 0.29) is 30.2 Å². The van der Waals surface area contributed by atoms with Gasteiger partial charge in [0.2, 0.25) is 11.8 Å². The number of unbranched alkanes of at least 4 members (excludes halogenated alkanes) is 1. The normalized spacial score (nSPS) is 14.0. The third kappa shape index (κ3) is 9.29. The highest BCUT2D eigenvalue weighted by molar-refractivity contribution is 5.85. The summed E-state index contributed by atoms with van der Waals surface area (Å²) in [5.41, 5.74) is 2.06. The first-order chi connectivity index (χ1) is 18.0. The number of amides is 2. The Bertz CT molecular complexity index is 953. The second-order valence-electron chi connectivity index (χ2n) is 10.0. The monoisotopic (exact) mass is 513 g/mol. The van der Waals surface area contributed by atoms with Gasteiger partial charge in [-0.25, -0.2) is 4.39 Å². The third-order valence-corrected chi connectivity index (χ3v) is 7.20. The van der Waals surface area contributed by atoms with Crippen molar-refractivity contribution in [3.05, 3.63) is 59.7 Å². The number of rotatable bonds is 15. The van der Waals surface area contributed by atoms with Crippen LogP contribution in [0.3, 0.4) is 0 Å². The van der Waals surface area contributed by atoms with E-state index in [0.29, 0.717) is 39.3 Å². The summed E-state index contributed by atoms with van der Waals surface area (Å²) in [6, 6.07) is 10.8. The lowest BCUT2D eigenvalue weighted by Gasteiger charge is -2.36. The van der Waals surface area contributed by atoms with E-state index >= 15 is 0 Å². The summed E-state index contributed by atoms with van der Waals surface area (Å²) in [5, 5.41) is 0. The van der Waals surface area contributed by atoms with Gasteiger partial charge in [0.15, 0.2) is 0 Å². The fourth-order valence-corrected chi connectivity index (χ4v) is 5.06. The van der Waals surface area contributed by atoms with Crippen molar-refractivity contribution in [2.45, 2.75) is 90.8 Å². The lowest BCUT2D eigenvalue weighted by atomic mass is 9.94. The molecule has 204 valence electrons. The molecule has 3 rings (SSSR count). The van der Waals surface area contributed by atoms with Gasteiger partial charge in [-0.3, -0.25) is 9.59 Å². The summed E-state index contributed by atoms with van der Waals surface area (Å²) in [6.07, 6.45) is 10.4. The van der Waals surface area contributed by atoms with Crippen LogP contribution in [0.1, 0.15) is 82.9 Å². The number of carbonyl (C=O) groups excluding carboxylic acids is 2. The second kappa shape index (κ2) is 15.6. The molecule has 1 aromatic heterocycles. The molecule has 0 bridgehead atoms. The zero-order chi connectivity index (χ0) is 26.5. The Labute approximate surface area is 221 Å². The van der Waals surface area contributed by atoms with Crippen LogP contribution in [0.2, 0.25) is 0 Å². The fourth-order valence-electron chi connectivity index (χ4n) is 5.06. The van der Waals surface area contributed by atoms with E-state index in [1.54, 1.807) is 17.0 Å². The number of hydrogen-bond acceptors (Lipinski definition) is 3. The van der Waals surface area contributed by atoms with Crippen LogP contribution in [-0.4, -0.2) is 58.5 Å². The van der Waals surface area contributed by atoms with E-state index in [9.17, 15) is 14.0 Å². The summed E-state index contributed by atoms with van der Waals surface area (Å²) in [5.74, 6) is -0.178. The molecule has 0 atom stereocenters. The average Bonchev–Trinajstić information content (AvgIpc) is 3.35. The Morgan fingerprint density at radius 3 is 2.49 bits per heavy atom. The maximum absolute atomic E-state index is 13.8. The van der Waals surface area contributed by atoms with Crippen molar-refractivity contribution in [2.24, 2.45) is 0 Å². The first-order valence-electron chi connectivity index (χ1n) is 14.0. The van der Waals surface area contributed by atoms with Crippen molar-refractivity contribution in [1.29, 1.82) is 0 Å². The molecule has 0 radical (unpaired) electrons. The Kier molecular flexibility index (Phi) is 12.1. The number of ether oxygens (including phenoxy) is 1. The minimum Gasteiger partial charge on any atom is -0.382 e. The maximum atomic E-state index is 13.8. The van der Waals surface area contributed by atoms with Gasteiger partial charge < -0.3 is 19.1 Å². The molecule has 1 aliphatic rings. The van der Waals surface area contributed by atoms with Gasteiger partial charge in [0, 0.05) is 50.7 Å². The third-order valence-electron chi connectivity index (χ3n) is 7.20. The molecular formula is C30H44FN3O3. The number of hydrogen-bond donors (Lipinski definition) is 0. The van der Waals surface area contributed by atoms with Crippen LogP contribution < -0.4 is 0 Å². The molecule has 0 unspecified atom stereocenters. The molecule has 1 fully saturated rings. The Morgan fingerprint density at radius 2 is 1.78 bits per heavy atom. The highest BCUT2D eigenvalue weighted by atomic mass is 19.1. The summed E-state index contributed by atoms with van der Waals surface area (Å²) < 4.78 is 21.0. The quantitative estimate of drug-likeness (QED) is 0.284. The first kappa shape index (κ1) is 28.9. The predicted molar refractivity (Wildman–Crippen MR) is 145 cm³/mol. The molecule has 2 aromatic rings. The molecule has 1 aromatic carbocycles. The van der Waals surface area contributed by atoms with Gasteiger partial charge in [-0.15, -0.1) is 0 Å². The van der Waals surface area contributed by atoms with Gasteiger partial charge in [0.25, 0.3) is 0 Å². The van der Waals surface area contributed by atoms with Crippen molar-refractivity contribution >= 4 is 11.8 Å². The van der Waals surface area contributed by atoms with Crippen molar-refractivity contribution in [2.75, 3.05) is 26.3 Å². The van der Waals surface area contributed by atoms with Crippen molar-refractivity contribution in [1.82, 2.24) is 14.4 Å². The van der Waals surface area contributed by atoms with Gasteiger partial charge in [-0.1, -0.05) is 44.7 Å². The molecule has 0 aliphatic heterocycles. The minimum absolute atomic E-state index is 0.0164. The number of halogens is 1. The van der Waals surface area contributed by atoms with E-state index in [4.69, 9.17) is 4.74 Å². The van der Waals surface area contributed by atoms with E-state index in [0.717, 1.165) is 56.2 Å². The molecule has 0 N–H and O–H groups in total. The van der Waals surface area contributed by atoms with Crippen LogP contribution >= 0.6 is 0 Å². The molecule has 1 saturated carbocycles. The molecule has 2 amide bonds. The van der Waals surface area contributed by atoms with Crippen molar-refractivity contribution in [3.63, 3.8) is 0 Å². The molecule has 0 spiro atoms. The van der Waals surface area contributed by atoms with Crippen molar-refractivity contribution < 1.29 is 18.7 Å². The smallest absolute Gasteiger partial charge is 0.242 e. The van der Waals surface area contributed by atoms with E-state index < -0.39 is 0 Å². The van der Waals surface area contributed by atoms with Crippen molar-refractivity contribution in [3.8, 4) is 0 Å². The lowest BCUT2D eigenvalue weighted by Crippen LogP contribution is -2.48. The lowest BCUT2D eigenvalue weighted by molar-refractivity contribution is -0.143. The molecule has 0 saturated heterocycles. The zero-order valence-electron chi connectivity index (χ0n) is 22.7. The number of nitrogens with zero attached hydrogens (tertiary/aromatic N) is 3. The second-order valence-corrected chi connectivity index (χ2v) is 10.0. The van der Waals surface area contributed by atoms with E-state index in [1.807, 2.05) is 24.1 Å². The van der Waals surface area contributed by atoms with Crippen LogP contribution in [0.15, 0.2) is 42.6 Å². The van der Waals surface area contributed by atoms with Gasteiger partial charge in [-0.2, -0.15) is 0 Å². The molecule has 6 nitrogen and oxygen atoms in total. The number of benzene rings is 1. The van der Waals surface area contributed by atoms with Crippen LogP contribution in [-0.2, 0) is 27.4 Å².